The molecule has 492 valence electrons. The van der Waals surface area contributed by atoms with Gasteiger partial charge in [0.2, 0.25) is 0 Å². The van der Waals surface area contributed by atoms with Crippen LogP contribution in [0.4, 0.5) is 0 Å². The normalized spacial score (nSPS) is 8.16. The topological polar surface area (TPSA) is 253 Å². The zero-order chi connectivity index (χ0) is 70.7. The summed E-state index contributed by atoms with van der Waals surface area (Å²) in [7, 11) is 8.66. The van der Waals surface area contributed by atoms with Crippen LogP contribution in [-0.2, 0) is 38.2 Å². The van der Waals surface area contributed by atoms with Crippen LogP contribution in [0.25, 0.3) is 32.3 Å². The van der Waals surface area contributed by atoms with Crippen LogP contribution in [0, 0.1) is 0 Å². The van der Waals surface area contributed by atoms with Crippen molar-refractivity contribution in [2.24, 2.45) is 0 Å². The van der Waals surface area contributed by atoms with E-state index in [0.717, 1.165) is 42.7 Å². The minimum atomic E-state index is -0.388. The predicted molar refractivity (Wildman–Crippen MR) is 371 cm³/mol. The second-order valence-electron chi connectivity index (χ2n) is 16.1. The van der Waals surface area contributed by atoms with Gasteiger partial charge < -0.3 is 54.3 Å². The number of aliphatic hydroxyl groups excluding tert-OH is 6. The van der Waals surface area contributed by atoms with Crippen LogP contribution in [-0.4, -0.2) is 124 Å². The molecule has 0 aliphatic carbocycles. The second kappa shape index (κ2) is 68.5. The first-order valence-electron chi connectivity index (χ1n) is 27.5. The molecule has 8 aromatic rings. The number of ether oxygens (including phenoxy) is 5. The van der Waals surface area contributed by atoms with E-state index < -0.39 is 0 Å². The van der Waals surface area contributed by atoms with Gasteiger partial charge in [0.25, 0.3) is 0 Å². The lowest BCUT2D eigenvalue weighted by atomic mass is 10.1. The molecule has 0 aliphatic heterocycles. The van der Waals surface area contributed by atoms with Crippen LogP contribution >= 0.6 is 0 Å². The molecule has 0 aromatic heterocycles. The largest absolute Gasteiger partial charge is 0.466 e. The van der Waals surface area contributed by atoms with E-state index >= 15 is 0 Å². The standard InChI is InChI=1S/2C10H10O2.3C10H8.C6H10O2.2C5H8O2.C2H6.6CH4O/c2*1-8(2)10(11)12-9-6-4-3-5-7-9;3*1-2-6-10-8-4-3-7-9(10)5-1;1-4-8-6(7)5(2)3;2*1-4(2)5(6)7-3;7*1-2/h2*3-7H,1H2,2H3;3*1-8H;2,4H2,1,3H3;2*1H2,2-3H3;1-2H3;6*2H,1H3. The average molecular weight is 1250 g/mol. The molecule has 0 unspecified atom stereocenters. The van der Waals surface area contributed by atoms with E-state index in [1.165, 1.54) is 46.5 Å². The van der Waals surface area contributed by atoms with Gasteiger partial charge in [0, 0.05) is 70.5 Å². The fourth-order valence-electron chi connectivity index (χ4n) is 5.37. The van der Waals surface area contributed by atoms with Gasteiger partial charge in [-0.25, -0.2) is 24.0 Å². The van der Waals surface area contributed by atoms with Crippen LogP contribution in [0.15, 0.2) is 267 Å². The molecule has 0 atom stereocenters. The van der Waals surface area contributed by atoms with E-state index in [1.54, 1.807) is 90.1 Å². The zero-order valence-corrected chi connectivity index (χ0v) is 55.6. The van der Waals surface area contributed by atoms with Crippen molar-refractivity contribution in [3.8, 4) is 11.5 Å². The number of rotatable bonds is 8. The third-order valence-electron chi connectivity index (χ3n) is 9.27. The molecule has 0 saturated heterocycles. The van der Waals surface area contributed by atoms with E-state index in [1.807, 2.05) is 26.0 Å². The summed E-state index contributed by atoms with van der Waals surface area (Å²) in [6.07, 6.45) is 0. The Balaban J connectivity index is -0.000000171. The Bertz CT molecular complexity index is 2660. The summed E-state index contributed by atoms with van der Waals surface area (Å²) in [6, 6.07) is 68.0. The third-order valence-corrected chi connectivity index (χ3v) is 9.27. The lowest BCUT2D eigenvalue weighted by molar-refractivity contribution is -0.138. The molecule has 0 spiro atoms. The number of aliphatic hydroxyl groups is 6. The first kappa shape index (κ1) is 94.0. The summed E-state index contributed by atoms with van der Waals surface area (Å²) >= 11 is 0. The molecule has 6 N–H and O–H groups in total. The van der Waals surface area contributed by atoms with Gasteiger partial charge in [-0.3, -0.25) is 0 Å². The van der Waals surface area contributed by atoms with Crippen molar-refractivity contribution < 1.29 is 78.3 Å². The Morgan fingerprint density at radius 3 is 0.556 bits per heavy atom. The monoisotopic (exact) mass is 1240 g/mol. The van der Waals surface area contributed by atoms with Gasteiger partial charge >= 0.3 is 29.8 Å². The number of benzene rings is 8. The lowest BCUT2D eigenvalue weighted by Crippen LogP contribution is -2.07. The summed E-state index contributed by atoms with van der Waals surface area (Å²) in [6.45, 7) is 31.3. The van der Waals surface area contributed by atoms with Crippen molar-refractivity contribution in [3.63, 3.8) is 0 Å². The Morgan fingerprint density at radius 2 is 0.444 bits per heavy atom. The molecule has 8 aromatic carbocycles. The summed E-state index contributed by atoms with van der Waals surface area (Å²) < 4.78 is 23.0. The van der Waals surface area contributed by atoms with Crippen molar-refractivity contribution in [1.29, 1.82) is 0 Å². The quantitative estimate of drug-likeness (QED) is 0.0358. The molecule has 0 saturated carbocycles. The highest BCUT2D eigenvalue weighted by atomic mass is 16.5. The van der Waals surface area contributed by atoms with Crippen molar-refractivity contribution in [1.82, 2.24) is 0 Å². The zero-order valence-electron chi connectivity index (χ0n) is 55.6. The second-order valence-corrected chi connectivity index (χ2v) is 16.1. The van der Waals surface area contributed by atoms with E-state index in [2.05, 4.69) is 193 Å². The Labute approximate surface area is 535 Å². The molecule has 16 nitrogen and oxygen atoms in total. The summed E-state index contributed by atoms with van der Waals surface area (Å²) in [5, 5.41) is 49.9. The maximum Gasteiger partial charge on any atom is 0.338 e. The van der Waals surface area contributed by atoms with Gasteiger partial charge in [-0.1, -0.05) is 229 Å². The Kier molecular flexibility index (Phi) is 71.5. The van der Waals surface area contributed by atoms with E-state index in [9.17, 15) is 24.0 Å². The van der Waals surface area contributed by atoms with E-state index in [4.69, 9.17) is 40.1 Å². The minimum absolute atomic E-state index is 0.312. The molecule has 8 rings (SSSR count). The van der Waals surface area contributed by atoms with Crippen LogP contribution in [0.1, 0.15) is 55.4 Å². The van der Waals surface area contributed by atoms with Crippen molar-refractivity contribution >= 4 is 62.2 Å². The molecule has 90 heavy (non-hydrogen) atoms. The molecule has 0 bridgehead atoms. The van der Waals surface area contributed by atoms with Crippen molar-refractivity contribution in [2.45, 2.75) is 55.4 Å². The number of fused-ring (bicyclic) bond motifs is 3. The molecule has 0 amide bonds. The highest BCUT2D eigenvalue weighted by molar-refractivity contribution is 5.90. The predicted octanol–water partition coefficient (Wildman–Crippen LogP) is 14.1. The average Bonchev–Trinajstić information content (AvgIpc) is 2.08. The van der Waals surface area contributed by atoms with Gasteiger partial charge in [-0.2, -0.15) is 0 Å². The molecule has 16 heteroatoms. The van der Waals surface area contributed by atoms with Gasteiger partial charge in [0.05, 0.1) is 20.8 Å². The van der Waals surface area contributed by atoms with Crippen LogP contribution in [0.2, 0.25) is 0 Å². The SMILES string of the molecule is C=C(C)C(=O)OC.C=C(C)C(=O)OC.C=C(C)C(=O)OCC.C=C(C)C(=O)Oc1ccccc1.C=C(C)C(=O)Oc1ccccc1.CC.CO.CO.CO.CO.CO.CO.c1ccc2ccccc2c1.c1ccc2ccccc2c1.c1ccc2ccccc2c1. The maximum absolute atomic E-state index is 11.0. The van der Waals surface area contributed by atoms with Gasteiger partial charge in [0.15, 0.2) is 0 Å². The fraction of sp³-hybridized carbons (Fsp3) is 0.230. The summed E-state index contributed by atoms with van der Waals surface area (Å²) in [5.74, 6) is -0.689. The summed E-state index contributed by atoms with van der Waals surface area (Å²) in [5.41, 5.74) is 2.12. The minimum Gasteiger partial charge on any atom is -0.466 e. The molecular formula is C74H100O16. The van der Waals surface area contributed by atoms with Crippen LogP contribution in [0.3, 0.4) is 0 Å². The maximum atomic E-state index is 11.0. The van der Waals surface area contributed by atoms with E-state index in [0.29, 0.717) is 46.0 Å². The summed E-state index contributed by atoms with van der Waals surface area (Å²) in [4.78, 5) is 52.8. The van der Waals surface area contributed by atoms with Gasteiger partial charge in [0.1, 0.15) is 11.5 Å². The van der Waals surface area contributed by atoms with Gasteiger partial charge in [-0.05, 0) is 98.1 Å². The number of hydrogen-bond donors (Lipinski definition) is 6. The first-order chi connectivity index (χ1) is 43.3. The van der Waals surface area contributed by atoms with E-state index in [-0.39, 0.29) is 29.8 Å². The molecule has 0 fully saturated rings. The molecule has 0 radical (unpaired) electrons. The fourth-order valence-corrected chi connectivity index (χ4v) is 5.37. The number of carbonyl (C=O) groups is 5. The third kappa shape index (κ3) is 51.6. The lowest BCUT2D eigenvalue weighted by Gasteiger charge is -2.01. The highest BCUT2D eigenvalue weighted by Crippen LogP contribution is 2.14. The molecule has 0 heterocycles. The van der Waals surface area contributed by atoms with Crippen molar-refractivity contribution in [2.75, 3.05) is 63.5 Å². The smallest absolute Gasteiger partial charge is 0.338 e. The Hall–Kier alpha value is -9.65. The van der Waals surface area contributed by atoms with Gasteiger partial charge in [-0.15, -0.1) is 0 Å². The molecular weight excluding hydrogens is 1140 g/mol. The van der Waals surface area contributed by atoms with Crippen LogP contribution < -0.4 is 9.47 Å². The number of methoxy groups -OCH3 is 2. The number of carbonyl (C=O) groups excluding carboxylic acids is 5. The van der Waals surface area contributed by atoms with Crippen LogP contribution in [0.5, 0.6) is 11.5 Å². The highest BCUT2D eigenvalue weighted by Gasteiger charge is 2.04. The number of para-hydroxylation sites is 2. The first-order valence-corrected chi connectivity index (χ1v) is 27.5. The molecule has 0 aliphatic rings. The Morgan fingerprint density at radius 1 is 0.289 bits per heavy atom. The van der Waals surface area contributed by atoms with Crippen molar-refractivity contribution in [3.05, 3.63) is 267 Å². The number of esters is 5. The number of hydrogen-bond acceptors (Lipinski definition) is 16.